The third-order valence-electron chi connectivity index (χ3n) is 2.01. The fraction of sp³-hybridized carbons (Fsp3) is 0. The second-order valence-electron chi connectivity index (χ2n) is 3.27. The maximum Gasteiger partial charge on any atom is 0.158 e. The van der Waals surface area contributed by atoms with Crippen molar-refractivity contribution >= 4 is 17.7 Å². The van der Waals surface area contributed by atoms with Gasteiger partial charge in [-0.3, -0.25) is 5.43 Å². The lowest BCUT2D eigenvalue weighted by atomic mass is 10.3. The lowest BCUT2D eigenvalue weighted by Crippen LogP contribution is -1.86. The van der Waals surface area contributed by atoms with Crippen LogP contribution >= 0.6 is 0 Å². The van der Waals surface area contributed by atoms with E-state index in [9.17, 15) is 0 Å². The van der Waals surface area contributed by atoms with Crippen LogP contribution in [0.1, 0.15) is 0 Å². The van der Waals surface area contributed by atoms with Crippen LogP contribution in [0, 0.1) is 0 Å². The Morgan fingerprint density at radius 3 is 2.18 bits per heavy atom. The Morgan fingerprint density at radius 1 is 0.824 bits per heavy atom. The Labute approximate surface area is 99.7 Å². The molecule has 0 radical (unpaired) electrons. The van der Waals surface area contributed by atoms with Crippen molar-refractivity contribution in [1.82, 2.24) is 0 Å². The SMILES string of the molecule is C(=N\Nc1ccccc1)/N=N/c1ccccc1. The van der Waals surface area contributed by atoms with E-state index in [-0.39, 0.29) is 0 Å². The lowest BCUT2D eigenvalue weighted by Gasteiger charge is -1.95. The van der Waals surface area contributed by atoms with Crippen LogP contribution in [0.4, 0.5) is 11.4 Å². The summed E-state index contributed by atoms with van der Waals surface area (Å²) in [7, 11) is 0. The van der Waals surface area contributed by atoms with Crippen molar-refractivity contribution in [2.24, 2.45) is 15.3 Å². The maximum atomic E-state index is 3.97. The Hall–Kier alpha value is -2.49. The minimum absolute atomic E-state index is 0.804. The molecule has 2 aromatic rings. The summed E-state index contributed by atoms with van der Waals surface area (Å²) in [6.07, 6.45) is 1.38. The summed E-state index contributed by atoms with van der Waals surface area (Å²) in [5.41, 5.74) is 4.57. The van der Waals surface area contributed by atoms with E-state index in [1.807, 2.05) is 60.7 Å². The summed E-state index contributed by atoms with van der Waals surface area (Å²) >= 11 is 0. The smallest absolute Gasteiger partial charge is 0.158 e. The largest absolute Gasteiger partial charge is 0.277 e. The molecule has 0 unspecified atom stereocenters. The van der Waals surface area contributed by atoms with E-state index < -0.39 is 0 Å². The summed E-state index contributed by atoms with van der Waals surface area (Å²) in [5.74, 6) is 0. The summed E-state index contributed by atoms with van der Waals surface area (Å²) in [4.78, 5) is 0. The number of hydrogen-bond acceptors (Lipinski definition) is 3. The number of rotatable bonds is 4. The molecule has 0 heterocycles. The fourth-order valence-corrected chi connectivity index (χ4v) is 1.23. The van der Waals surface area contributed by atoms with Gasteiger partial charge in [-0.15, -0.1) is 10.2 Å². The highest BCUT2D eigenvalue weighted by Crippen LogP contribution is 2.09. The van der Waals surface area contributed by atoms with Crippen LogP contribution in [0.5, 0.6) is 0 Å². The Bertz CT molecular complexity index is 491. The van der Waals surface area contributed by atoms with Crippen molar-refractivity contribution < 1.29 is 0 Å². The summed E-state index contributed by atoms with van der Waals surface area (Å²) in [6, 6.07) is 19.2. The Kier molecular flexibility index (Phi) is 4.00. The second-order valence-corrected chi connectivity index (χ2v) is 3.27. The highest BCUT2D eigenvalue weighted by Gasteiger charge is 1.84. The van der Waals surface area contributed by atoms with Gasteiger partial charge < -0.3 is 0 Å². The van der Waals surface area contributed by atoms with Crippen molar-refractivity contribution in [2.75, 3.05) is 5.43 Å². The van der Waals surface area contributed by atoms with Crippen LogP contribution in [-0.2, 0) is 0 Å². The number of hydrogen-bond donors (Lipinski definition) is 1. The molecule has 0 aliphatic rings. The molecule has 1 N–H and O–H groups in total. The standard InChI is InChI=1S/C13H12N4/c1-3-7-12(8-4-1)16-14-11-15-17-13-9-5-2-6-10-13/h1-11,16H/b14-11+,17-15+. The van der Waals surface area contributed by atoms with Gasteiger partial charge in [0, 0.05) is 0 Å². The van der Waals surface area contributed by atoms with Crippen molar-refractivity contribution in [3.8, 4) is 0 Å². The molecule has 4 nitrogen and oxygen atoms in total. The molecular weight excluding hydrogens is 212 g/mol. The maximum absolute atomic E-state index is 3.97. The predicted molar refractivity (Wildman–Crippen MR) is 69.5 cm³/mol. The van der Waals surface area contributed by atoms with Crippen LogP contribution in [0.15, 0.2) is 76.0 Å². The van der Waals surface area contributed by atoms with E-state index in [0.29, 0.717) is 0 Å². The summed E-state index contributed by atoms with van der Waals surface area (Å²) in [6.45, 7) is 0. The first-order valence-electron chi connectivity index (χ1n) is 5.23. The van der Waals surface area contributed by atoms with Crippen LogP contribution in [0.3, 0.4) is 0 Å². The van der Waals surface area contributed by atoms with Crippen molar-refractivity contribution in [1.29, 1.82) is 0 Å². The van der Waals surface area contributed by atoms with Gasteiger partial charge in [-0.25, -0.2) is 0 Å². The molecule has 0 fully saturated rings. The number of anilines is 1. The van der Waals surface area contributed by atoms with Gasteiger partial charge in [-0.1, -0.05) is 36.4 Å². The molecule has 0 aliphatic heterocycles. The zero-order valence-corrected chi connectivity index (χ0v) is 9.19. The van der Waals surface area contributed by atoms with Gasteiger partial charge in [0.1, 0.15) is 0 Å². The fourth-order valence-electron chi connectivity index (χ4n) is 1.23. The van der Waals surface area contributed by atoms with Crippen LogP contribution in [-0.4, -0.2) is 6.34 Å². The summed E-state index contributed by atoms with van der Waals surface area (Å²) < 4.78 is 0. The van der Waals surface area contributed by atoms with Crippen molar-refractivity contribution in [3.63, 3.8) is 0 Å². The third-order valence-corrected chi connectivity index (χ3v) is 2.01. The molecule has 0 spiro atoms. The second kappa shape index (κ2) is 6.17. The zero-order chi connectivity index (χ0) is 11.8. The van der Waals surface area contributed by atoms with E-state index in [1.165, 1.54) is 6.34 Å². The van der Waals surface area contributed by atoms with Crippen LogP contribution < -0.4 is 5.43 Å². The molecule has 17 heavy (non-hydrogen) atoms. The van der Waals surface area contributed by atoms with Gasteiger partial charge in [0.15, 0.2) is 6.34 Å². The van der Waals surface area contributed by atoms with E-state index in [4.69, 9.17) is 0 Å². The quantitative estimate of drug-likeness (QED) is 0.365. The highest BCUT2D eigenvalue weighted by atomic mass is 15.3. The number of hydrazone groups is 1. The molecule has 84 valence electrons. The Morgan fingerprint density at radius 2 is 1.47 bits per heavy atom. The first-order chi connectivity index (χ1) is 8.45. The normalized spacial score (nSPS) is 11.1. The lowest BCUT2D eigenvalue weighted by molar-refractivity contribution is 1.26. The van der Waals surface area contributed by atoms with E-state index in [2.05, 4.69) is 20.8 Å². The average Bonchev–Trinajstić information content (AvgIpc) is 2.41. The van der Waals surface area contributed by atoms with Gasteiger partial charge in [-0.05, 0) is 24.3 Å². The predicted octanol–water partition coefficient (Wildman–Crippen LogP) is 3.83. The van der Waals surface area contributed by atoms with E-state index in [1.54, 1.807) is 0 Å². The number of para-hydroxylation sites is 1. The van der Waals surface area contributed by atoms with Crippen molar-refractivity contribution in [3.05, 3.63) is 60.7 Å². The molecular formula is C13H12N4. The average molecular weight is 224 g/mol. The van der Waals surface area contributed by atoms with Gasteiger partial charge in [-0.2, -0.15) is 5.10 Å². The van der Waals surface area contributed by atoms with Crippen LogP contribution in [0.2, 0.25) is 0 Å². The third kappa shape index (κ3) is 3.87. The Balaban J connectivity index is 1.85. The highest BCUT2D eigenvalue weighted by molar-refractivity contribution is 5.57. The molecule has 4 heteroatoms. The number of benzene rings is 2. The molecule has 0 aromatic heterocycles. The molecule has 0 saturated carbocycles. The zero-order valence-electron chi connectivity index (χ0n) is 9.19. The van der Waals surface area contributed by atoms with E-state index in [0.717, 1.165) is 11.4 Å². The topological polar surface area (TPSA) is 49.1 Å². The molecule has 0 atom stereocenters. The first-order valence-corrected chi connectivity index (χ1v) is 5.23. The van der Waals surface area contributed by atoms with Gasteiger partial charge >= 0.3 is 0 Å². The van der Waals surface area contributed by atoms with Gasteiger partial charge in [0.2, 0.25) is 0 Å². The minimum atomic E-state index is 0.804. The number of azo groups is 1. The van der Waals surface area contributed by atoms with Gasteiger partial charge in [0.25, 0.3) is 0 Å². The number of nitrogens with zero attached hydrogens (tertiary/aromatic N) is 3. The molecule has 0 bridgehead atoms. The molecule has 2 aromatic carbocycles. The summed E-state index contributed by atoms with van der Waals surface area (Å²) in [5, 5.41) is 11.7. The first kappa shape index (κ1) is 11.0. The molecule has 0 aliphatic carbocycles. The van der Waals surface area contributed by atoms with Crippen molar-refractivity contribution in [2.45, 2.75) is 0 Å². The number of nitrogens with one attached hydrogen (secondary N) is 1. The molecule has 2 rings (SSSR count). The van der Waals surface area contributed by atoms with E-state index >= 15 is 0 Å². The monoisotopic (exact) mass is 224 g/mol. The van der Waals surface area contributed by atoms with Crippen LogP contribution in [0.25, 0.3) is 0 Å². The minimum Gasteiger partial charge on any atom is -0.277 e. The molecule has 0 saturated heterocycles. The molecule has 0 amide bonds. The van der Waals surface area contributed by atoms with Gasteiger partial charge in [0.05, 0.1) is 11.4 Å².